The number of nitrogens with zero attached hydrogens (tertiary/aromatic N) is 1. The van der Waals surface area contributed by atoms with Gasteiger partial charge in [-0.3, -0.25) is 9.59 Å². The lowest BCUT2D eigenvalue weighted by atomic mass is 9.99. The van der Waals surface area contributed by atoms with Gasteiger partial charge in [0.25, 0.3) is 11.8 Å². The highest BCUT2D eigenvalue weighted by Gasteiger charge is 2.23. The van der Waals surface area contributed by atoms with Gasteiger partial charge in [0.05, 0.1) is 0 Å². The van der Waals surface area contributed by atoms with Crippen molar-refractivity contribution in [3.05, 3.63) is 96.1 Å². The number of anilines is 2. The maximum atomic E-state index is 13.2. The van der Waals surface area contributed by atoms with Crippen molar-refractivity contribution < 1.29 is 9.59 Å². The summed E-state index contributed by atoms with van der Waals surface area (Å²) in [6.07, 6.45) is 2.41. The molecule has 164 valence electrons. The summed E-state index contributed by atoms with van der Waals surface area (Å²) in [5.74, 6) is 0.218. The summed E-state index contributed by atoms with van der Waals surface area (Å²) in [5, 5.41) is 5.84. The van der Waals surface area contributed by atoms with Gasteiger partial charge in [0.2, 0.25) is 0 Å². The van der Waals surface area contributed by atoms with E-state index in [4.69, 9.17) is 0 Å². The van der Waals surface area contributed by atoms with Gasteiger partial charge in [0.15, 0.2) is 0 Å². The lowest BCUT2D eigenvalue weighted by Crippen LogP contribution is -2.37. The minimum absolute atomic E-state index is 0.278. The Labute approximate surface area is 189 Å². The standard InChI is InChI=1S/C27H29N3O2/c1-20-16-18-30(19-17-20)24-14-12-23(13-15-24)28-27(32)25(21-8-4-2-5-9-21)29-26(31)22-10-6-3-7-11-22/h2-15,20,25H,16-19H2,1H3,(H,28,32)(H,29,31). The Morgan fingerprint density at radius 3 is 2.06 bits per heavy atom. The molecule has 0 aromatic heterocycles. The fraction of sp³-hybridized carbons (Fsp3) is 0.259. The van der Waals surface area contributed by atoms with Gasteiger partial charge >= 0.3 is 0 Å². The van der Waals surface area contributed by atoms with Crippen LogP contribution in [0.5, 0.6) is 0 Å². The van der Waals surface area contributed by atoms with Crippen LogP contribution in [0, 0.1) is 5.92 Å². The number of nitrogens with one attached hydrogen (secondary N) is 2. The summed E-state index contributed by atoms with van der Waals surface area (Å²) in [7, 11) is 0. The number of piperidine rings is 1. The van der Waals surface area contributed by atoms with E-state index in [1.807, 2.05) is 60.7 Å². The smallest absolute Gasteiger partial charge is 0.252 e. The van der Waals surface area contributed by atoms with Crippen LogP contribution in [0.1, 0.15) is 41.7 Å². The molecule has 1 heterocycles. The van der Waals surface area contributed by atoms with E-state index < -0.39 is 6.04 Å². The number of hydrogen-bond acceptors (Lipinski definition) is 3. The molecule has 1 atom stereocenters. The second-order valence-corrected chi connectivity index (χ2v) is 8.39. The van der Waals surface area contributed by atoms with E-state index in [2.05, 4.69) is 22.5 Å². The van der Waals surface area contributed by atoms with Crippen LogP contribution in [0.3, 0.4) is 0 Å². The Bertz CT molecular complexity index is 1030. The third-order valence-corrected chi connectivity index (χ3v) is 5.99. The predicted molar refractivity (Wildman–Crippen MR) is 129 cm³/mol. The summed E-state index contributed by atoms with van der Waals surface area (Å²) in [5.41, 5.74) is 3.13. The first kappa shape index (κ1) is 21.6. The van der Waals surface area contributed by atoms with E-state index in [0.29, 0.717) is 11.3 Å². The average Bonchev–Trinajstić information content (AvgIpc) is 2.84. The largest absolute Gasteiger partial charge is 0.372 e. The lowest BCUT2D eigenvalue weighted by Gasteiger charge is -2.32. The molecule has 2 N–H and O–H groups in total. The molecule has 1 saturated heterocycles. The number of carbonyl (C=O) groups is 2. The first-order valence-corrected chi connectivity index (χ1v) is 11.2. The summed E-state index contributed by atoms with van der Waals surface area (Å²) in [6, 6.07) is 25.4. The molecule has 0 spiro atoms. The zero-order valence-electron chi connectivity index (χ0n) is 18.3. The van der Waals surface area contributed by atoms with Crippen molar-refractivity contribution in [2.24, 2.45) is 5.92 Å². The topological polar surface area (TPSA) is 61.4 Å². The maximum Gasteiger partial charge on any atom is 0.252 e. The Morgan fingerprint density at radius 1 is 0.844 bits per heavy atom. The molecule has 1 unspecified atom stereocenters. The minimum atomic E-state index is -0.799. The summed E-state index contributed by atoms with van der Waals surface area (Å²) in [6.45, 7) is 4.43. The Kier molecular flexibility index (Phi) is 6.85. The molecule has 1 fully saturated rings. The van der Waals surface area contributed by atoms with Crippen LogP contribution >= 0.6 is 0 Å². The van der Waals surface area contributed by atoms with Gasteiger partial charge < -0.3 is 15.5 Å². The van der Waals surface area contributed by atoms with Crippen molar-refractivity contribution >= 4 is 23.2 Å². The molecular formula is C27H29N3O2. The first-order chi connectivity index (χ1) is 15.6. The SMILES string of the molecule is CC1CCN(c2ccc(NC(=O)C(NC(=O)c3ccccc3)c3ccccc3)cc2)CC1. The summed E-state index contributed by atoms with van der Waals surface area (Å²) < 4.78 is 0. The number of hydrogen-bond donors (Lipinski definition) is 2. The normalized spacial score (nSPS) is 15.1. The third kappa shape index (κ3) is 5.35. The highest BCUT2D eigenvalue weighted by atomic mass is 16.2. The molecule has 0 radical (unpaired) electrons. The van der Waals surface area contributed by atoms with E-state index in [-0.39, 0.29) is 11.8 Å². The zero-order chi connectivity index (χ0) is 22.3. The van der Waals surface area contributed by atoms with Gasteiger partial charge in [-0.15, -0.1) is 0 Å². The first-order valence-electron chi connectivity index (χ1n) is 11.2. The molecule has 2 amide bonds. The second-order valence-electron chi connectivity index (χ2n) is 8.39. The fourth-order valence-electron chi connectivity index (χ4n) is 3.99. The second kappa shape index (κ2) is 10.1. The van der Waals surface area contributed by atoms with Crippen LogP contribution in [0.15, 0.2) is 84.9 Å². The van der Waals surface area contributed by atoms with E-state index in [0.717, 1.165) is 24.6 Å². The highest BCUT2D eigenvalue weighted by Crippen LogP contribution is 2.25. The van der Waals surface area contributed by atoms with Crippen molar-refractivity contribution in [2.45, 2.75) is 25.8 Å². The molecule has 5 nitrogen and oxygen atoms in total. The van der Waals surface area contributed by atoms with Crippen molar-refractivity contribution in [2.75, 3.05) is 23.3 Å². The Morgan fingerprint density at radius 2 is 1.44 bits per heavy atom. The van der Waals surface area contributed by atoms with Gasteiger partial charge in [-0.05, 0) is 60.7 Å². The van der Waals surface area contributed by atoms with E-state index in [1.165, 1.54) is 18.5 Å². The van der Waals surface area contributed by atoms with Gasteiger partial charge in [0.1, 0.15) is 6.04 Å². The minimum Gasteiger partial charge on any atom is -0.372 e. The van der Waals surface area contributed by atoms with Crippen LogP contribution in [-0.4, -0.2) is 24.9 Å². The van der Waals surface area contributed by atoms with Gasteiger partial charge in [-0.1, -0.05) is 55.5 Å². The van der Waals surface area contributed by atoms with Crippen LogP contribution in [0.2, 0.25) is 0 Å². The van der Waals surface area contributed by atoms with Crippen LogP contribution < -0.4 is 15.5 Å². The highest BCUT2D eigenvalue weighted by molar-refractivity contribution is 6.01. The number of carbonyl (C=O) groups excluding carboxylic acids is 2. The number of amides is 2. The molecule has 32 heavy (non-hydrogen) atoms. The quantitative estimate of drug-likeness (QED) is 0.580. The van der Waals surface area contributed by atoms with Gasteiger partial charge in [-0.25, -0.2) is 0 Å². The van der Waals surface area contributed by atoms with E-state index >= 15 is 0 Å². The zero-order valence-corrected chi connectivity index (χ0v) is 18.3. The number of benzene rings is 3. The monoisotopic (exact) mass is 427 g/mol. The average molecular weight is 428 g/mol. The molecule has 4 rings (SSSR count). The lowest BCUT2D eigenvalue weighted by molar-refractivity contribution is -0.118. The van der Waals surface area contributed by atoms with Gasteiger partial charge in [-0.2, -0.15) is 0 Å². The Balaban J connectivity index is 1.47. The van der Waals surface area contributed by atoms with Gasteiger partial charge in [0, 0.05) is 30.0 Å². The van der Waals surface area contributed by atoms with Crippen molar-refractivity contribution in [1.29, 1.82) is 0 Å². The molecule has 1 aliphatic heterocycles. The third-order valence-electron chi connectivity index (χ3n) is 5.99. The fourth-order valence-corrected chi connectivity index (χ4v) is 3.99. The maximum absolute atomic E-state index is 13.2. The van der Waals surface area contributed by atoms with Crippen LogP contribution in [-0.2, 0) is 4.79 Å². The molecule has 3 aromatic rings. The molecule has 0 saturated carbocycles. The molecule has 0 bridgehead atoms. The Hall–Kier alpha value is -3.60. The molecule has 3 aromatic carbocycles. The molecular weight excluding hydrogens is 398 g/mol. The molecule has 1 aliphatic rings. The number of rotatable bonds is 6. The van der Waals surface area contributed by atoms with E-state index in [1.54, 1.807) is 24.3 Å². The molecule has 5 heteroatoms. The summed E-state index contributed by atoms with van der Waals surface area (Å²) in [4.78, 5) is 28.3. The van der Waals surface area contributed by atoms with Crippen LogP contribution in [0.25, 0.3) is 0 Å². The summed E-state index contributed by atoms with van der Waals surface area (Å²) >= 11 is 0. The van der Waals surface area contributed by atoms with Crippen molar-refractivity contribution in [3.63, 3.8) is 0 Å². The predicted octanol–water partition coefficient (Wildman–Crippen LogP) is 5.03. The molecule has 0 aliphatic carbocycles. The van der Waals surface area contributed by atoms with Crippen molar-refractivity contribution in [3.8, 4) is 0 Å². The van der Waals surface area contributed by atoms with E-state index in [9.17, 15) is 9.59 Å². The van der Waals surface area contributed by atoms with Crippen molar-refractivity contribution in [1.82, 2.24) is 5.32 Å². The van der Waals surface area contributed by atoms with Crippen LogP contribution in [0.4, 0.5) is 11.4 Å².